The number of rotatable bonds is 9. The molecule has 0 fully saturated rings. The Morgan fingerprint density at radius 1 is 0.963 bits per heavy atom. The van der Waals surface area contributed by atoms with Crippen LogP contribution in [0.15, 0.2) is 65.7 Å². The summed E-state index contributed by atoms with van der Waals surface area (Å²) in [6, 6.07) is 20.4. The number of hydrogen-bond donors (Lipinski definition) is 3. The van der Waals surface area contributed by atoms with E-state index < -0.39 is 6.10 Å². The zero-order chi connectivity index (χ0) is 19.5. The third-order valence-electron chi connectivity index (χ3n) is 4.47. The number of nitrogens with one attached hydrogen (secondary N) is 2. The number of aliphatic hydroxyl groups is 1. The van der Waals surface area contributed by atoms with E-state index in [9.17, 15) is 5.11 Å². The molecule has 27 heavy (non-hydrogen) atoms. The van der Waals surface area contributed by atoms with Crippen molar-refractivity contribution in [1.82, 2.24) is 15.5 Å². The zero-order valence-corrected chi connectivity index (χ0v) is 16.6. The van der Waals surface area contributed by atoms with Crippen LogP contribution in [-0.2, 0) is 0 Å². The first kappa shape index (κ1) is 20.9. The number of guanidine groups is 1. The highest BCUT2D eigenvalue weighted by Gasteiger charge is 2.13. The van der Waals surface area contributed by atoms with E-state index in [1.807, 2.05) is 36.4 Å². The number of aliphatic hydroxyl groups excluding tert-OH is 1. The molecule has 3 N–H and O–H groups in total. The molecular formula is C22H32N4O. The summed E-state index contributed by atoms with van der Waals surface area (Å²) < 4.78 is 0. The Balaban J connectivity index is 1.92. The monoisotopic (exact) mass is 368 g/mol. The molecular weight excluding hydrogens is 336 g/mol. The fraction of sp³-hybridized carbons (Fsp3) is 0.409. The number of hydrogen-bond acceptors (Lipinski definition) is 3. The lowest BCUT2D eigenvalue weighted by Gasteiger charge is -2.23. The topological polar surface area (TPSA) is 59.9 Å². The van der Waals surface area contributed by atoms with E-state index in [2.05, 4.69) is 60.8 Å². The summed E-state index contributed by atoms with van der Waals surface area (Å²) in [5.74, 6) is 0.778. The second-order valence-electron chi connectivity index (χ2n) is 6.75. The van der Waals surface area contributed by atoms with Crippen LogP contribution in [-0.4, -0.2) is 49.7 Å². The fourth-order valence-corrected chi connectivity index (χ4v) is 2.93. The van der Waals surface area contributed by atoms with E-state index >= 15 is 0 Å². The van der Waals surface area contributed by atoms with Crippen molar-refractivity contribution in [3.8, 4) is 0 Å². The van der Waals surface area contributed by atoms with Crippen molar-refractivity contribution in [3.63, 3.8) is 0 Å². The fourth-order valence-electron chi connectivity index (χ4n) is 2.93. The van der Waals surface area contributed by atoms with Gasteiger partial charge in [0.05, 0.1) is 18.7 Å². The van der Waals surface area contributed by atoms with E-state index in [0.29, 0.717) is 19.5 Å². The van der Waals surface area contributed by atoms with Crippen LogP contribution in [0.1, 0.15) is 36.6 Å². The summed E-state index contributed by atoms with van der Waals surface area (Å²) in [5, 5.41) is 16.9. The van der Waals surface area contributed by atoms with Gasteiger partial charge in [0.1, 0.15) is 0 Å². The van der Waals surface area contributed by atoms with Crippen molar-refractivity contribution in [2.24, 2.45) is 4.99 Å². The normalized spacial score (nSPS) is 14.0. The maximum absolute atomic E-state index is 10.3. The minimum Gasteiger partial charge on any atom is -0.388 e. The van der Waals surface area contributed by atoms with Crippen molar-refractivity contribution in [2.45, 2.75) is 25.5 Å². The largest absolute Gasteiger partial charge is 0.388 e. The molecule has 0 saturated carbocycles. The molecule has 2 rings (SSSR count). The molecule has 2 unspecified atom stereocenters. The van der Waals surface area contributed by atoms with Gasteiger partial charge in [-0.25, -0.2) is 0 Å². The van der Waals surface area contributed by atoms with Gasteiger partial charge in [-0.05, 0) is 38.6 Å². The molecule has 2 aromatic carbocycles. The molecule has 0 aliphatic heterocycles. The van der Waals surface area contributed by atoms with E-state index in [-0.39, 0.29) is 6.04 Å². The van der Waals surface area contributed by atoms with Crippen LogP contribution < -0.4 is 10.6 Å². The standard InChI is InChI=1S/C22H32N4O/c1-4-23-22(24-16-15-21(27)19-13-9-6-10-14-19)25-17-20(26(2)3)18-11-7-5-8-12-18/h5-14,20-21,27H,4,15-17H2,1-3H3,(H2,23,24,25). The average Bonchev–Trinajstić information content (AvgIpc) is 2.69. The molecule has 0 saturated heterocycles. The van der Waals surface area contributed by atoms with Crippen molar-refractivity contribution >= 4 is 5.96 Å². The van der Waals surface area contributed by atoms with Gasteiger partial charge in [-0.2, -0.15) is 0 Å². The van der Waals surface area contributed by atoms with E-state index in [1.165, 1.54) is 5.56 Å². The van der Waals surface area contributed by atoms with Crippen molar-refractivity contribution in [1.29, 1.82) is 0 Å². The molecule has 0 amide bonds. The smallest absolute Gasteiger partial charge is 0.191 e. The lowest BCUT2D eigenvalue weighted by Crippen LogP contribution is -2.39. The van der Waals surface area contributed by atoms with Gasteiger partial charge >= 0.3 is 0 Å². The molecule has 5 heteroatoms. The predicted octanol–water partition coefficient (Wildman–Crippen LogP) is 2.97. The maximum atomic E-state index is 10.3. The summed E-state index contributed by atoms with van der Waals surface area (Å²) >= 11 is 0. The Kier molecular flexibility index (Phi) is 8.81. The maximum Gasteiger partial charge on any atom is 0.191 e. The van der Waals surface area contributed by atoms with Crippen LogP contribution in [0.3, 0.4) is 0 Å². The predicted molar refractivity (Wildman–Crippen MR) is 113 cm³/mol. The van der Waals surface area contributed by atoms with Crippen LogP contribution in [0, 0.1) is 0 Å². The third-order valence-corrected chi connectivity index (χ3v) is 4.47. The van der Waals surface area contributed by atoms with Crippen molar-refractivity contribution in [2.75, 3.05) is 33.7 Å². The molecule has 0 spiro atoms. The van der Waals surface area contributed by atoms with Crippen molar-refractivity contribution in [3.05, 3.63) is 71.8 Å². The molecule has 0 bridgehead atoms. The lowest BCUT2D eigenvalue weighted by atomic mass is 10.1. The first-order valence-corrected chi connectivity index (χ1v) is 9.58. The van der Waals surface area contributed by atoms with E-state index in [0.717, 1.165) is 18.1 Å². The number of aliphatic imine (C=N–C) groups is 1. The first-order chi connectivity index (χ1) is 13.1. The first-order valence-electron chi connectivity index (χ1n) is 9.58. The highest BCUT2D eigenvalue weighted by molar-refractivity contribution is 5.79. The van der Waals surface area contributed by atoms with Crippen LogP contribution in [0.5, 0.6) is 0 Å². The summed E-state index contributed by atoms with van der Waals surface area (Å²) in [4.78, 5) is 6.93. The van der Waals surface area contributed by atoms with Gasteiger partial charge < -0.3 is 20.6 Å². The minimum absolute atomic E-state index is 0.219. The molecule has 0 aliphatic carbocycles. The van der Waals surface area contributed by atoms with Crippen LogP contribution in [0.2, 0.25) is 0 Å². The highest BCUT2D eigenvalue weighted by atomic mass is 16.3. The van der Waals surface area contributed by atoms with Crippen molar-refractivity contribution < 1.29 is 5.11 Å². The van der Waals surface area contributed by atoms with Crippen LogP contribution in [0.25, 0.3) is 0 Å². The second kappa shape index (κ2) is 11.4. The summed E-state index contributed by atoms with van der Waals surface area (Å²) in [7, 11) is 4.15. The molecule has 0 aromatic heterocycles. The number of benzene rings is 2. The SMILES string of the molecule is CCNC(=NCC(c1ccccc1)N(C)C)NCCC(O)c1ccccc1. The molecule has 0 heterocycles. The van der Waals surface area contributed by atoms with Crippen LogP contribution in [0.4, 0.5) is 0 Å². The Morgan fingerprint density at radius 2 is 1.56 bits per heavy atom. The number of likely N-dealkylation sites (N-methyl/N-ethyl adjacent to an activating group) is 1. The summed E-state index contributed by atoms with van der Waals surface area (Å²) in [6.45, 7) is 4.16. The molecule has 0 aliphatic rings. The van der Waals surface area contributed by atoms with Gasteiger partial charge in [0, 0.05) is 13.1 Å². The minimum atomic E-state index is -0.472. The molecule has 146 valence electrons. The van der Waals surface area contributed by atoms with E-state index in [4.69, 9.17) is 4.99 Å². The van der Waals surface area contributed by atoms with Gasteiger partial charge in [0.15, 0.2) is 5.96 Å². The Hall–Kier alpha value is -2.37. The summed E-state index contributed by atoms with van der Waals surface area (Å²) in [6.07, 6.45) is 0.157. The van der Waals surface area contributed by atoms with Gasteiger partial charge in [-0.15, -0.1) is 0 Å². The van der Waals surface area contributed by atoms with Crippen LogP contribution >= 0.6 is 0 Å². The Labute approximate surface area is 163 Å². The summed E-state index contributed by atoms with van der Waals surface area (Å²) in [5.41, 5.74) is 2.19. The Morgan fingerprint density at radius 3 is 2.11 bits per heavy atom. The molecule has 5 nitrogen and oxygen atoms in total. The second-order valence-corrected chi connectivity index (χ2v) is 6.75. The Bertz CT molecular complexity index is 673. The average molecular weight is 369 g/mol. The lowest BCUT2D eigenvalue weighted by molar-refractivity contribution is 0.168. The third kappa shape index (κ3) is 7.04. The van der Waals surface area contributed by atoms with Gasteiger partial charge in [0.25, 0.3) is 0 Å². The molecule has 2 atom stereocenters. The van der Waals surface area contributed by atoms with Gasteiger partial charge in [-0.1, -0.05) is 60.7 Å². The quantitative estimate of drug-likeness (QED) is 0.470. The zero-order valence-electron chi connectivity index (χ0n) is 16.6. The van der Waals surface area contributed by atoms with Gasteiger partial charge in [0.2, 0.25) is 0 Å². The van der Waals surface area contributed by atoms with E-state index in [1.54, 1.807) is 0 Å². The molecule has 0 radical (unpaired) electrons. The molecule has 2 aromatic rings. The highest BCUT2D eigenvalue weighted by Crippen LogP contribution is 2.18. The number of nitrogens with zero attached hydrogens (tertiary/aromatic N) is 2. The van der Waals surface area contributed by atoms with Gasteiger partial charge in [-0.3, -0.25) is 4.99 Å².